The van der Waals surface area contributed by atoms with Crippen molar-refractivity contribution in [3.63, 3.8) is 0 Å². The van der Waals surface area contributed by atoms with Crippen LogP contribution in [0.2, 0.25) is 0 Å². The van der Waals surface area contributed by atoms with Crippen molar-refractivity contribution in [1.82, 2.24) is 5.32 Å². The first-order valence-corrected chi connectivity index (χ1v) is 4.11. The minimum absolute atomic E-state index is 0.0891. The number of hydrogen-bond donors (Lipinski definition) is 2. The molecule has 2 N–H and O–H groups in total. The van der Waals surface area contributed by atoms with E-state index in [4.69, 9.17) is 5.11 Å². The molecule has 1 rings (SSSR count). The van der Waals surface area contributed by atoms with E-state index >= 15 is 0 Å². The summed E-state index contributed by atoms with van der Waals surface area (Å²) in [5.41, 5.74) is 0. The van der Waals surface area contributed by atoms with Crippen LogP contribution in [-0.4, -0.2) is 23.0 Å². The van der Waals surface area contributed by atoms with Gasteiger partial charge in [-0.05, 0) is 12.8 Å². The van der Waals surface area contributed by atoms with Gasteiger partial charge in [-0.3, -0.25) is 9.59 Å². The molecule has 0 saturated heterocycles. The number of aliphatic carboxylic acids is 1. The standard InChI is InChI=1S/C8H13NO3/c1-5(8(11)12)4-7(10)9-6-2-3-6/h5-6H,2-4H2,1H3,(H,9,10)(H,11,12). The van der Waals surface area contributed by atoms with Gasteiger partial charge in [0.15, 0.2) is 0 Å². The summed E-state index contributed by atoms with van der Waals surface area (Å²) in [5, 5.41) is 11.2. The lowest BCUT2D eigenvalue weighted by molar-refractivity contribution is -0.143. The summed E-state index contributed by atoms with van der Waals surface area (Å²) in [6.45, 7) is 1.54. The number of carbonyl (C=O) groups is 2. The zero-order chi connectivity index (χ0) is 9.14. The maximum atomic E-state index is 11.0. The molecule has 1 amide bonds. The summed E-state index contributed by atoms with van der Waals surface area (Å²) in [7, 11) is 0. The largest absolute Gasteiger partial charge is 0.481 e. The Kier molecular flexibility index (Phi) is 2.68. The van der Waals surface area contributed by atoms with Gasteiger partial charge in [0.2, 0.25) is 5.91 Å². The Labute approximate surface area is 71.0 Å². The second kappa shape index (κ2) is 3.56. The second-order valence-corrected chi connectivity index (χ2v) is 3.29. The van der Waals surface area contributed by atoms with Crippen LogP contribution >= 0.6 is 0 Å². The first-order chi connectivity index (χ1) is 5.59. The summed E-state index contributed by atoms with van der Waals surface area (Å²) in [6.07, 6.45) is 2.16. The Hall–Kier alpha value is -1.06. The number of nitrogens with one attached hydrogen (secondary N) is 1. The number of carboxylic acid groups (broad SMARTS) is 1. The molecule has 0 spiro atoms. The van der Waals surface area contributed by atoms with Crippen molar-refractivity contribution in [3.8, 4) is 0 Å². The number of hydrogen-bond acceptors (Lipinski definition) is 2. The normalized spacial score (nSPS) is 18.4. The van der Waals surface area contributed by atoms with Gasteiger partial charge in [-0.1, -0.05) is 6.92 Å². The fraction of sp³-hybridized carbons (Fsp3) is 0.750. The fourth-order valence-corrected chi connectivity index (χ4v) is 0.880. The molecule has 1 fully saturated rings. The van der Waals surface area contributed by atoms with Crippen molar-refractivity contribution in [1.29, 1.82) is 0 Å². The molecular weight excluding hydrogens is 158 g/mol. The number of rotatable bonds is 4. The average molecular weight is 171 g/mol. The molecule has 4 nitrogen and oxygen atoms in total. The predicted molar refractivity (Wildman–Crippen MR) is 42.6 cm³/mol. The van der Waals surface area contributed by atoms with E-state index in [9.17, 15) is 9.59 Å². The van der Waals surface area contributed by atoms with Crippen LogP contribution in [0.1, 0.15) is 26.2 Å². The van der Waals surface area contributed by atoms with Crippen molar-refractivity contribution >= 4 is 11.9 Å². The van der Waals surface area contributed by atoms with Crippen LogP contribution in [0, 0.1) is 5.92 Å². The second-order valence-electron chi connectivity index (χ2n) is 3.29. The van der Waals surface area contributed by atoms with Gasteiger partial charge in [-0.25, -0.2) is 0 Å². The number of carboxylic acids is 1. The molecule has 1 unspecified atom stereocenters. The van der Waals surface area contributed by atoms with Crippen LogP contribution in [0.25, 0.3) is 0 Å². The minimum atomic E-state index is -0.916. The smallest absolute Gasteiger partial charge is 0.306 e. The lowest BCUT2D eigenvalue weighted by atomic mass is 10.1. The van der Waals surface area contributed by atoms with Crippen molar-refractivity contribution in [2.75, 3.05) is 0 Å². The van der Waals surface area contributed by atoms with Gasteiger partial charge in [0.05, 0.1) is 5.92 Å². The van der Waals surface area contributed by atoms with Crippen LogP contribution in [0.3, 0.4) is 0 Å². The molecule has 0 aliphatic heterocycles. The zero-order valence-electron chi connectivity index (χ0n) is 7.04. The molecule has 0 aromatic heterocycles. The Bertz CT molecular complexity index is 198. The maximum absolute atomic E-state index is 11.0. The van der Waals surface area contributed by atoms with Gasteiger partial charge in [0.1, 0.15) is 0 Å². The minimum Gasteiger partial charge on any atom is -0.481 e. The summed E-state index contributed by atoms with van der Waals surface area (Å²) in [6, 6.07) is 0.318. The van der Waals surface area contributed by atoms with Gasteiger partial charge < -0.3 is 10.4 Å². The van der Waals surface area contributed by atoms with Crippen molar-refractivity contribution < 1.29 is 14.7 Å². The Morgan fingerprint density at radius 2 is 2.17 bits per heavy atom. The monoisotopic (exact) mass is 171 g/mol. The van der Waals surface area contributed by atoms with Crippen LogP contribution in [0.5, 0.6) is 0 Å². The molecular formula is C8H13NO3. The highest BCUT2D eigenvalue weighted by Crippen LogP contribution is 2.19. The SMILES string of the molecule is CC(CC(=O)NC1CC1)C(=O)O. The molecule has 1 aliphatic carbocycles. The Balaban J connectivity index is 2.19. The van der Waals surface area contributed by atoms with Crippen LogP contribution < -0.4 is 5.32 Å². The number of carbonyl (C=O) groups excluding carboxylic acids is 1. The van der Waals surface area contributed by atoms with Gasteiger partial charge in [0.25, 0.3) is 0 Å². The van der Waals surface area contributed by atoms with Crippen LogP contribution in [0.4, 0.5) is 0 Å². The molecule has 0 aromatic carbocycles. The third-order valence-corrected chi connectivity index (χ3v) is 1.86. The van der Waals surface area contributed by atoms with Gasteiger partial charge >= 0.3 is 5.97 Å². The first kappa shape index (κ1) is 9.03. The van der Waals surface area contributed by atoms with Crippen molar-refractivity contribution in [2.45, 2.75) is 32.2 Å². The summed E-state index contributed by atoms with van der Waals surface area (Å²) < 4.78 is 0. The van der Waals surface area contributed by atoms with E-state index in [0.29, 0.717) is 6.04 Å². The Morgan fingerprint density at radius 3 is 2.58 bits per heavy atom. The predicted octanol–water partition coefficient (Wildman–Crippen LogP) is 0.376. The molecule has 0 heterocycles. The lowest BCUT2D eigenvalue weighted by Gasteiger charge is -2.05. The highest BCUT2D eigenvalue weighted by Gasteiger charge is 2.24. The third kappa shape index (κ3) is 2.90. The summed E-state index contributed by atoms with van der Waals surface area (Å²) in [5.74, 6) is -1.64. The van der Waals surface area contributed by atoms with Crippen LogP contribution in [0.15, 0.2) is 0 Å². The maximum Gasteiger partial charge on any atom is 0.306 e. The third-order valence-electron chi connectivity index (χ3n) is 1.86. The molecule has 0 aromatic rings. The van der Waals surface area contributed by atoms with Gasteiger partial charge in [-0.15, -0.1) is 0 Å². The zero-order valence-corrected chi connectivity index (χ0v) is 7.04. The first-order valence-electron chi connectivity index (χ1n) is 4.11. The lowest BCUT2D eigenvalue weighted by Crippen LogP contribution is -2.28. The molecule has 0 radical (unpaired) electrons. The van der Waals surface area contributed by atoms with Crippen molar-refractivity contribution in [3.05, 3.63) is 0 Å². The molecule has 12 heavy (non-hydrogen) atoms. The van der Waals surface area contributed by atoms with E-state index in [1.165, 1.54) is 6.92 Å². The molecule has 1 saturated carbocycles. The molecule has 1 aliphatic rings. The summed E-state index contributed by atoms with van der Waals surface area (Å²) in [4.78, 5) is 21.4. The van der Waals surface area contributed by atoms with E-state index < -0.39 is 11.9 Å². The highest BCUT2D eigenvalue weighted by atomic mass is 16.4. The van der Waals surface area contributed by atoms with Gasteiger partial charge in [0, 0.05) is 12.5 Å². The summed E-state index contributed by atoms with van der Waals surface area (Å²) >= 11 is 0. The highest BCUT2D eigenvalue weighted by molar-refractivity contribution is 5.82. The van der Waals surface area contributed by atoms with E-state index in [2.05, 4.69) is 5.32 Å². The Morgan fingerprint density at radius 1 is 1.58 bits per heavy atom. The molecule has 0 bridgehead atoms. The van der Waals surface area contributed by atoms with E-state index in [-0.39, 0.29) is 12.3 Å². The van der Waals surface area contributed by atoms with E-state index in [0.717, 1.165) is 12.8 Å². The van der Waals surface area contributed by atoms with E-state index in [1.807, 2.05) is 0 Å². The topological polar surface area (TPSA) is 66.4 Å². The van der Waals surface area contributed by atoms with Gasteiger partial charge in [-0.2, -0.15) is 0 Å². The van der Waals surface area contributed by atoms with Crippen molar-refractivity contribution in [2.24, 2.45) is 5.92 Å². The molecule has 1 atom stereocenters. The quantitative estimate of drug-likeness (QED) is 0.642. The molecule has 4 heteroatoms. The fourth-order valence-electron chi connectivity index (χ4n) is 0.880. The van der Waals surface area contributed by atoms with E-state index in [1.54, 1.807) is 0 Å². The molecule has 68 valence electrons. The van der Waals surface area contributed by atoms with Crippen LogP contribution in [-0.2, 0) is 9.59 Å². The average Bonchev–Trinajstić information content (AvgIpc) is 2.71. The number of amides is 1.